The van der Waals surface area contributed by atoms with Gasteiger partial charge >= 0.3 is 12.3 Å². The number of esters is 1. The van der Waals surface area contributed by atoms with Gasteiger partial charge in [0.2, 0.25) is 11.7 Å². The SMILES string of the molecule is COC(=O)c1ccc(C(C)N(C)CC(=O)Nc2ccc(OC(F)(F)F)cc2)o1. The first-order valence-electron chi connectivity index (χ1n) is 8.13. The topological polar surface area (TPSA) is 81.0 Å². The number of halogens is 3. The number of amides is 1. The fourth-order valence-electron chi connectivity index (χ4n) is 2.31. The number of ether oxygens (including phenoxy) is 2. The summed E-state index contributed by atoms with van der Waals surface area (Å²) in [7, 11) is 2.93. The number of benzene rings is 1. The van der Waals surface area contributed by atoms with E-state index in [1.54, 1.807) is 24.9 Å². The van der Waals surface area contributed by atoms with E-state index >= 15 is 0 Å². The van der Waals surface area contributed by atoms with Gasteiger partial charge in [0.1, 0.15) is 11.5 Å². The summed E-state index contributed by atoms with van der Waals surface area (Å²) in [6.07, 6.45) is -4.77. The van der Waals surface area contributed by atoms with Crippen molar-refractivity contribution in [3.8, 4) is 5.75 Å². The van der Waals surface area contributed by atoms with Crippen LogP contribution in [-0.2, 0) is 9.53 Å². The molecule has 10 heteroatoms. The summed E-state index contributed by atoms with van der Waals surface area (Å²) in [4.78, 5) is 25.3. The van der Waals surface area contributed by atoms with Crippen molar-refractivity contribution in [3.05, 3.63) is 47.9 Å². The molecule has 1 aromatic heterocycles. The number of likely N-dealkylation sites (N-methyl/N-ethyl adjacent to an activating group) is 1. The maximum atomic E-state index is 12.2. The number of carbonyl (C=O) groups excluding carboxylic acids is 2. The van der Waals surface area contributed by atoms with Crippen LogP contribution in [-0.4, -0.2) is 43.8 Å². The lowest BCUT2D eigenvalue weighted by Gasteiger charge is -2.22. The number of hydrogen-bond acceptors (Lipinski definition) is 6. The molecule has 0 aliphatic carbocycles. The number of furan rings is 1. The number of rotatable bonds is 7. The molecule has 1 amide bonds. The fraction of sp³-hybridized carbons (Fsp3) is 0.333. The molecular formula is C18H19F3N2O5. The smallest absolute Gasteiger partial charge is 0.463 e. The van der Waals surface area contributed by atoms with Gasteiger partial charge in [-0.25, -0.2) is 4.79 Å². The van der Waals surface area contributed by atoms with Gasteiger partial charge in [-0.1, -0.05) is 0 Å². The minimum absolute atomic E-state index is 0.0176. The summed E-state index contributed by atoms with van der Waals surface area (Å²) >= 11 is 0. The summed E-state index contributed by atoms with van der Waals surface area (Å²) in [6.45, 7) is 1.77. The minimum atomic E-state index is -4.77. The van der Waals surface area contributed by atoms with E-state index in [9.17, 15) is 22.8 Å². The summed E-state index contributed by atoms with van der Waals surface area (Å²) in [5.41, 5.74) is 0.326. The van der Waals surface area contributed by atoms with Crippen molar-refractivity contribution in [1.82, 2.24) is 4.90 Å². The third-order valence-electron chi connectivity index (χ3n) is 3.85. The van der Waals surface area contributed by atoms with E-state index in [1.807, 2.05) is 0 Å². The largest absolute Gasteiger partial charge is 0.573 e. The first-order chi connectivity index (χ1) is 13.1. The van der Waals surface area contributed by atoms with E-state index in [-0.39, 0.29) is 30.0 Å². The Bertz CT molecular complexity index is 817. The first kappa shape index (κ1) is 21.3. The molecule has 28 heavy (non-hydrogen) atoms. The van der Waals surface area contributed by atoms with E-state index in [4.69, 9.17) is 4.42 Å². The zero-order valence-electron chi connectivity index (χ0n) is 15.4. The Kier molecular flexibility index (Phi) is 6.68. The average molecular weight is 400 g/mol. The Labute approximate surface area is 159 Å². The van der Waals surface area contributed by atoms with Gasteiger partial charge in [-0.05, 0) is 50.4 Å². The van der Waals surface area contributed by atoms with Crippen LogP contribution in [0, 0.1) is 0 Å². The van der Waals surface area contributed by atoms with Crippen LogP contribution in [0.15, 0.2) is 40.8 Å². The molecule has 0 spiro atoms. The lowest BCUT2D eigenvalue weighted by molar-refractivity contribution is -0.274. The van der Waals surface area contributed by atoms with Gasteiger partial charge in [-0.2, -0.15) is 0 Å². The average Bonchev–Trinajstić information content (AvgIpc) is 3.10. The van der Waals surface area contributed by atoms with Gasteiger partial charge in [-0.3, -0.25) is 9.69 Å². The van der Waals surface area contributed by atoms with Crippen molar-refractivity contribution in [1.29, 1.82) is 0 Å². The molecule has 7 nitrogen and oxygen atoms in total. The number of nitrogens with zero attached hydrogens (tertiary/aromatic N) is 1. The zero-order chi connectivity index (χ0) is 20.9. The zero-order valence-corrected chi connectivity index (χ0v) is 15.4. The molecular weight excluding hydrogens is 381 g/mol. The molecule has 152 valence electrons. The predicted octanol–water partition coefficient (Wildman–Crippen LogP) is 3.60. The van der Waals surface area contributed by atoms with E-state index < -0.39 is 12.3 Å². The van der Waals surface area contributed by atoms with Crippen LogP contribution < -0.4 is 10.1 Å². The Hall–Kier alpha value is -3.01. The molecule has 1 aromatic carbocycles. The van der Waals surface area contributed by atoms with Crippen molar-refractivity contribution >= 4 is 17.6 Å². The van der Waals surface area contributed by atoms with E-state index in [0.717, 1.165) is 12.1 Å². The summed E-state index contributed by atoms with van der Waals surface area (Å²) < 4.78 is 50.2. The van der Waals surface area contributed by atoms with Crippen LogP contribution in [0.1, 0.15) is 29.3 Å². The van der Waals surface area contributed by atoms with Crippen molar-refractivity contribution < 1.29 is 36.7 Å². The third kappa shape index (κ3) is 6.02. The van der Waals surface area contributed by atoms with Crippen LogP contribution in [0.4, 0.5) is 18.9 Å². The Morgan fingerprint density at radius 3 is 2.39 bits per heavy atom. The second-order valence-corrected chi connectivity index (χ2v) is 5.91. The summed E-state index contributed by atoms with van der Waals surface area (Å²) in [6, 6.07) is 7.60. The highest BCUT2D eigenvalue weighted by Gasteiger charge is 2.31. The molecule has 1 atom stereocenters. The maximum Gasteiger partial charge on any atom is 0.573 e. The predicted molar refractivity (Wildman–Crippen MR) is 92.8 cm³/mol. The van der Waals surface area contributed by atoms with Crippen LogP contribution in [0.5, 0.6) is 5.75 Å². The molecule has 0 aliphatic rings. The molecule has 1 heterocycles. The lowest BCUT2D eigenvalue weighted by Crippen LogP contribution is -2.32. The third-order valence-corrected chi connectivity index (χ3v) is 3.85. The van der Waals surface area contributed by atoms with Crippen molar-refractivity contribution in [3.63, 3.8) is 0 Å². The second kappa shape index (κ2) is 8.79. The Balaban J connectivity index is 1.91. The molecule has 0 saturated heterocycles. The van der Waals surface area contributed by atoms with Crippen molar-refractivity contribution in [2.75, 3.05) is 26.0 Å². The number of methoxy groups -OCH3 is 1. The summed E-state index contributed by atoms with van der Waals surface area (Å²) in [5, 5.41) is 2.58. The van der Waals surface area contributed by atoms with Gasteiger partial charge in [0.05, 0.1) is 19.7 Å². The highest BCUT2D eigenvalue weighted by atomic mass is 19.4. The van der Waals surface area contributed by atoms with E-state index in [2.05, 4.69) is 14.8 Å². The number of carbonyl (C=O) groups is 2. The van der Waals surface area contributed by atoms with Crippen molar-refractivity contribution in [2.24, 2.45) is 0 Å². The molecule has 1 N–H and O–H groups in total. The van der Waals surface area contributed by atoms with Gasteiger partial charge in [-0.15, -0.1) is 13.2 Å². The number of nitrogens with one attached hydrogen (secondary N) is 1. The van der Waals surface area contributed by atoms with Crippen molar-refractivity contribution in [2.45, 2.75) is 19.3 Å². The number of anilines is 1. The molecule has 0 saturated carbocycles. The van der Waals surface area contributed by atoms with Crippen LogP contribution in [0.2, 0.25) is 0 Å². The van der Waals surface area contributed by atoms with Crippen LogP contribution >= 0.6 is 0 Å². The number of hydrogen-bond donors (Lipinski definition) is 1. The van der Waals surface area contributed by atoms with E-state index in [0.29, 0.717) is 11.4 Å². The normalized spacial score (nSPS) is 12.5. The first-order valence-corrected chi connectivity index (χ1v) is 8.13. The summed E-state index contributed by atoms with van der Waals surface area (Å²) in [5.74, 6) is -0.821. The molecule has 0 radical (unpaired) electrons. The fourth-order valence-corrected chi connectivity index (χ4v) is 2.31. The van der Waals surface area contributed by atoms with Crippen LogP contribution in [0.3, 0.4) is 0 Å². The highest BCUT2D eigenvalue weighted by molar-refractivity contribution is 5.92. The molecule has 2 rings (SSSR count). The number of alkyl halides is 3. The quantitative estimate of drug-likeness (QED) is 0.716. The molecule has 0 fully saturated rings. The Morgan fingerprint density at radius 1 is 1.18 bits per heavy atom. The molecule has 0 bridgehead atoms. The minimum Gasteiger partial charge on any atom is -0.463 e. The van der Waals surface area contributed by atoms with E-state index in [1.165, 1.54) is 25.3 Å². The molecule has 2 aromatic rings. The lowest BCUT2D eigenvalue weighted by atomic mass is 10.2. The van der Waals surface area contributed by atoms with Gasteiger partial charge in [0.15, 0.2) is 0 Å². The molecule has 0 aliphatic heterocycles. The highest BCUT2D eigenvalue weighted by Crippen LogP contribution is 2.24. The monoisotopic (exact) mass is 400 g/mol. The maximum absolute atomic E-state index is 12.2. The van der Waals surface area contributed by atoms with Gasteiger partial charge in [0, 0.05) is 5.69 Å². The van der Waals surface area contributed by atoms with Gasteiger partial charge in [0.25, 0.3) is 0 Å². The Morgan fingerprint density at radius 2 is 1.82 bits per heavy atom. The van der Waals surface area contributed by atoms with Gasteiger partial charge < -0.3 is 19.2 Å². The second-order valence-electron chi connectivity index (χ2n) is 5.91. The standard InChI is InChI=1S/C18H19F3N2O5/c1-11(14-8-9-15(27-14)17(25)26-3)23(2)10-16(24)22-12-4-6-13(7-5-12)28-18(19,20)21/h4-9,11H,10H2,1-3H3,(H,22,24). The molecule has 1 unspecified atom stereocenters. The van der Waals surface area contributed by atoms with Crippen LogP contribution in [0.25, 0.3) is 0 Å².